The summed E-state index contributed by atoms with van der Waals surface area (Å²) < 4.78 is 0. The molecule has 7 heteroatoms. The first-order valence-electron chi connectivity index (χ1n) is 5.90. The van der Waals surface area contributed by atoms with E-state index in [0.717, 1.165) is 0 Å². The van der Waals surface area contributed by atoms with E-state index in [0.29, 0.717) is 0 Å². The molecular weight excluding hydrogens is 298 g/mol. The zero-order chi connectivity index (χ0) is 15.7. The van der Waals surface area contributed by atoms with Gasteiger partial charge in [-0.2, -0.15) is 0 Å². The van der Waals surface area contributed by atoms with Gasteiger partial charge in [-0.3, -0.25) is 9.59 Å². The normalized spacial score (nSPS) is 14.9. The molecule has 0 aromatic carbocycles. The first kappa shape index (κ1) is 24.2. The largest absolute Gasteiger partial charge is 0.512 e. The van der Waals surface area contributed by atoms with Gasteiger partial charge < -0.3 is 15.3 Å². The van der Waals surface area contributed by atoms with Crippen LogP contribution in [0.15, 0.2) is 16.3 Å². The molecule has 1 aliphatic heterocycles. The van der Waals surface area contributed by atoms with Crippen LogP contribution in [-0.2, 0) is 31.3 Å². The molecule has 1 aliphatic rings. The second kappa shape index (κ2) is 12.0. The van der Waals surface area contributed by atoms with E-state index in [-0.39, 0.29) is 56.8 Å². The Kier molecular flexibility index (Phi) is 14.5. The van der Waals surface area contributed by atoms with E-state index in [4.69, 9.17) is 15.3 Å². The van der Waals surface area contributed by atoms with Crippen molar-refractivity contribution in [2.45, 2.75) is 53.8 Å². The Labute approximate surface area is 134 Å². The second-order valence-electron chi connectivity index (χ2n) is 4.47. The summed E-state index contributed by atoms with van der Waals surface area (Å²) in [6, 6.07) is 0. The summed E-state index contributed by atoms with van der Waals surface area (Å²) in [4.78, 5) is 24.6. The predicted octanol–water partition coefficient (Wildman–Crippen LogP) is 1.16. The fourth-order valence-electron chi connectivity index (χ4n) is 0.843. The molecule has 0 unspecified atom stereocenters. The Morgan fingerprint density at radius 3 is 1.45 bits per heavy atom. The first-order chi connectivity index (χ1) is 8.50. The SMILES string of the molecule is CC(=O)C1=NC(=O)C1=C(C)O.CC(C)O.CC(C)O.[Ti]. The molecule has 0 saturated carbocycles. The van der Waals surface area contributed by atoms with Gasteiger partial charge in [0.1, 0.15) is 17.0 Å². The van der Waals surface area contributed by atoms with Crippen LogP contribution in [0.25, 0.3) is 0 Å². The van der Waals surface area contributed by atoms with Crippen LogP contribution < -0.4 is 0 Å². The molecule has 0 spiro atoms. The van der Waals surface area contributed by atoms with Crippen molar-refractivity contribution >= 4 is 17.4 Å². The van der Waals surface area contributed by atoms with Crippen LogP contribution in [0.5, 0.6) is 0 Å². The Bertz CT molecular complexity index is 371. The molecule has 20 heavy (non-hydrogen) atoms. The van der Waals surface area contributed by atoms with Crippen LogP contribution in [0.3, 0.4) is 0 Å². The van der Waals surface area contributed by atoms with Crippen molar-refractivity contribution in [3.8, 4) is 0 Å². The number of rotatable bonds is 1. The molecule has 1 amide bonds. The van der Waals surface area contributed by atoms with Crippen LogP contribution in [0.4, 0.5) is 0 Å². The van der Waals surface area contributed by atoms with Gasteiger partial charge in [-0.25, -0.2) is 4.99 Å². The zero-order valence-electron chi connectivity index (χ0n) is 12.8. The van der Waals surface area contributed by atoms with Crippen molar-refractivity contribution in [2.75, 3.05) is 0 Å². The average molecular weight is 321 g/mol. The summed E-state index contributed by atoms with van der Waals surface area (Å²) in [5.41, 5.74) is 0.132. The fourth-order valence-corrected chi connectivity index (χ4v) is 0.843. The third kappa shape index (κ3) is 12.2. The summed E-state index contributed by atoms with van der Waals surface area (Å²) in [7, 11) is 0. The number of Topliss-reactive ketones (excluding diaryl/α,β-unsaturated/α-hetero) is 1. The Morgan fingerprint density at radius 2 is 1.35 bits per heavy atom. The van der Waals surface area contributed by atoms with Crippen molar-refractivity contribution in [1.82, 2.24) is 0 Å². The molecule has 0 aromatic rings. The number of nitrogens with zero attached hydrogens (tertiary/aromatic N) is 1. The standard InChI is InChI=1S/C7H7NO3.2C3H8O.Ti/c1-3(9)5-6(4(2)10)8-7(5)11;2*1-3(2)4;/h9H,1-2H3;2*3-4H,1-2H3;. The molecule has 0 saturated heterocycles. The van der Waals surface area contributed by atoms with Gasteiger partial charge in [0.15, 0.2) is 5.78 Å². The number of aliphatic hydroxyl groups is 3. The number of aliphatic imine (C=N–C) groups is 1. The first-order valence-corrected chi connectivity index (χ1v) is 5.90. The third-order valence-corrected chi connectivity index (χ3v) is 1.36. The number of amides is 1. The van der Waals surface area contributed by atoms with E-state index in [1.807, 2.05) is 0 Å². The van der Waals surface area contributed by atoms with E-state index in [9.17, 15) is 9.59 Å². The zero-order valence-corrected chi connectivity index (χ0v) is 14.3. The third-order valence-electron chi connectivity index (χ3n) is 1.36. The van der Waals surface area contributed by atoms with Crippen molar-refractivity contribution in [1.29, 1.82) is 0 Å². The van der Waals surface area contributed by atoms with Gasteiger partial charge in [0, 0.05) is 40.8 Å². The molecule has 0 aromatic heterocycles. The maximum atomic E-state index is 10.7. The molecule has 3 N–H and O–H groups in total. The molecule has 0 radical (unpaired) electrons. The predicted molar refractivity (Wildman–Crippen MR) is 73.2 cm³/mol. The van der Waals surface area contributed by atoms with Crippen LogP contribution >= 0.6 is 0 Å². The maximum absolute atomic E-state index is 10.7. The average Bonchev–Trinajstić information content (AvgIpc) is 2.10. The number of carbonyl (C=O) groups excluding carboxylic acids is 2. The molecule has 1 rings (SSSR count). The summed E-state index contributed by atoms with van der Waals surface area (Å²) in [5.74, 6) is -0.960. The Balaban J connectivity index is -0.000000272. The number of carbonyl (C=O) groups is 2. The van der Waals surface area contributed by atoms with Crippen LogP contribution in [0, 0.1) is 0 Å². The molecular formula is C13H23NO5Ti. The molecule has 6 nitrogen and oxygen atoms in total. The van der Waals surface area contributed by atoms with Gasteiger partial charge in [-0.15, -0.1) is 0 Å². The van der Waals surface area contributed by atoms with E-state index in [2.05, 4.69) is 4.99 Å². The Morgan fingerprint density at radius 1 is 1.05 bits per heavy atom. The fraction of sp³-hybridized carbons (Fsp3) is 0.615. The minimum absolute atomic E-state index is 0. The second-order valence-corrected chi connectivity index (χ2v) is 4.47. The van der Waals surface area contributed by atoms with Gasteiger partial charge in [0.2, 0.25) is 0 Å². The van der Waals surface area contributed by atoms with E-state index < -0.39 is 5.91 Å². The topological polar surface area (TPSA) is 107 Å². The molecule has 0 atom stereocenters. The van der Waals surface area contributed by atoms with Gasteiger partial charge in [-0.1, -0.05) is 0 Å². The molecule has 0 bridgehead atoms. The van der Waals surface area contributed by atoms with Crippen LogP contribution in [0.1, 0.15) is 41.5 Å². The van der Waals surface area contributed by atoms with Crippen molar-refractivity contribution < 1.29 is 46.6 Å². The van der Waals surface area contributed by atoms with E-state index in [1.54, 1.807) is 27.7 Å². The van der Waals surface area contributed by atoms with Gasteiger partial charge in [0.25, 0.3) is 5.91 Å². The van der Waals surface area contributed by atoms with E-state index in [1.165, 1.54) is 13.8 Å². The number of aliphatic hydroxyl groups excluding tert-OH is 3. The molecule has 1 heterocycles. The van der Waals surface area contributed by atoms with Gasteiger partial charge >= 0.3 is 0 Å². The molecule has 114 valence electrons. The van der Waals surface area contributed by atoms with Crippen molar-refractivity contribution in [2.24, 2.45) is 4.99 Å². The number of hydrogen-bond donors (Lipinski definition) is 3. The van der Waals surface area contributed by atoms with Gasteiger partial charge in [0.05, 0.1) is 0 Å². The summed E-state index contributed by atoms with van der Waals surface area (Å²) in [6.07, 6.45) is -0.333. The minimum Gasteiger partial charge on any atom is -0.512 e. The Hall–Kier alpha value is -0.816. The quantitative estimate of drug-likeness (QED) is 0.382. The minimum atomic E-state index is -0.518. The monoisotopic (exact) mass is 321 g/mol. The smallest absolute Gasteiger partial charge is 0.283 e. The summed E-state index contributed by atoms with van der Waals surface area (Å²) in [5, 5.41) is 25.0. The number of allylic oxidation sites excluding steroid dienone is 1. The number of hydrogen-bond acceptors (Lipinski definition) is 5. The summed E-state index contributed by atoms with van der Waals surface area (Å²) in [6.45, 7) is 9.54. The molecule has 0 fully saturated rings. The van der Waals surface area contributed by atoms with Crippen molar-refractivity contribution in [3.05, 3.63) is 11.3 Å². The maximum Gasteiger partial charge on any atom is 0.283 e. The van der Waals surface area contributed by atoms with Crippen LogP contribution in [-0.4, -0.2) is 44.9 Å². The van der Waals surface area contributed by atoms with Gasteiger partial charge in [-0.05, 0) is 34.6 Å². The van der Waals surface area contributed by atoms with Crippen molar-refractivity contribution in [3.63, 3.8) is 0 Å². The summed E-state index contributed by atoms with van der Waals surface area (Å²) >= 11 is 0. The van der Waals surface area contributed by atoms with Crippen LogP contribution in [0.2, 0.25) is 0 Å². The number of ketones is 1. The molecule has 0 aliphatic carbocycles. The van der Waals surface area contributed by atoms with E-state index >= 15 is 0 Å².